The zero-order valence-electron chi connectivity index (χ0n) is 13.4. The lowest BCUT2D eigenvalue weighted by Crippen LogP contribution is -2.50. The maximum Gasteiger partial charge on any atom is 0.240 e. The van der Waals surface area contributed by atoms with Crippen LogP contribution in [0.3, 0.4) is 0 Å². The van der Waals surface area contributed by atoms with E-state index in [0.29, 0.717) is 5.56 Å². The van der Waals surface area contributed by atoms with Crippen LogP contribution in [0.1, 0.15) is 33.3 Å². The van der Waals surface area contributed by atoms with E-state index < -0.39 is 11.6 Å². The van der Waals surface area contributed by atoms with Gasteiger partial charge in [0.05, 0.1) is 18.1 Å². The molecule has 5 nitrogen and oxygen atoms in total. The summed E-state index contributed by atoms with van der Waals surface area (Å²) in [6.45, 7) is 7.02. The van der Waals surface area contributed by atoms with Crippen LogP contribution >= 0.6 is 0 Å². The van der Waals surface area contributed by atoms with Crippen molar-refractivity contribution in [3.8, 4) is 0 Å². The molecule has 0 aliphatic rings. The van der Waals surface area contributed by atoms with Gasteiger partial charge in [0.2, 0.25) is 11.8 Å². The van der Waals surface area contributed by atoms with Crippen molar-refractivity contribution >= 4 is 11.8 Å². The Hall–Kier alpha value is -1.95. The minimum atomic E-state index is -0.746. The second kappa shape index (κ2) is 7.35. The van der Waals surface area contributed by atoms with Gasteiger partial charge in [-0.2, -0.15) is 0 Å². The van der Waals surface area contributed by atoms with Gasteiger partial charge < -0.3 is 16.4 Å². The summed E-state index contributed by atoms with van der Waals surface area (Å²) in [5, 5.41) is 5.26. The highest BCUT2D eigenvalue weighted by Crippen LogP contribution is 2.20. The normalized spacial score (nSPS) is 12.9. The van der Waals surface area contributed by atoms with Gasteiger partial charge in [-0.15, -0.1) is 0 Å². The molecule has 6 heteroatoms. The maximum absolute atomic E-state index is 13.3. The highest BCUT2D eigenvalue weighted by molar-refractivity contribution is 5.87. The predicted molar refractivity (Wildman–Crippen MR) is 83.4 cm³/mol. The summed E-state index contributed by atoms with van der Waals surface area (Å²) in [6.07, 6.45) is 0. The van der Waals surface area contributed by atoms with Gasteiger partial charge in [-0.25, -0.2) is 4.39 Å². The highest BCUT2D eigenvalue weighted by atomic mass is 19.1. The molecule has 1 atom stereocenters. The van der Waals surface area contributed by atoms with E-state index in [0.717, 1.165) is 0 Å². The van der Waals surface area contributed by atoms with Crippen molar-refractivity contribution in [1.29, 1.82) is 0 Å². The molecule has 0 fully saturated rings. The molecular formula is C16H24FN3O2. The van der Waals surface area contributed by atoms with Crippen LogP contribution in [0.2, 0.25) is 0 Å². The minimum absolute atomic E-state index is 0.00760. The van der Waals surface area contributed by atoms with Crippen LogP contribution in [0.4, 0.5) is 4.39 Å². The fraction of sp³-hybridized carbons (Fsp3) is 0.500. The van der Waals surface area contributed by atoms with Crippen LogP contribution in [-0.4, -0.2) is 24.4 Å². The maximum atomic E-state index is 13.3. The van der Waals surface area contributed by atoms with Crippen molar-refractivity contribution in [2.75, 3.05) is 6.54 Å². The van der Waals surface area contributed by atoms with Gasteiger partial charge in [0.1, 0.15) is 5.82 Å². The Labute approximate surface area is 130 Å². The van der Waals surface area contributed by atoms with Crippen molar-refractivity contribution in [2.24, 2.45) is 11.7 Å². The second-order valence-corrected chi connectivity index (χ2v) is 6.17. The molecule has 4 N–H and O–H groups in total. The summed E-state index contributed by atoms with van der Waals surface area (Å²) in [5.74, 6) is -1.10. The third-order valence-corrected chi connectivity index (χ3v) is 3.44. The highest BCUT2D eigenvalue weighted by Gasteiger charge is 2.24. The molecule has 0 saturated carbocycles. The van der Waals surface area contributed by atoms with Gasteiger partial charge in [0.15, 0.2) is 0 Å². The van der Waals surface area contributed by atoms with Crippen LogP contribution in [0.15, 0.2) is 24.3 Å². The van der Waals surface area contributed by atoms with E-state index in [2.05, 4.69) is 10.6 Å². The third kappa shape index (κ3) is 5.11. The Morgan fingerprint density at radius 1 is 1.32 bits per heavy atom. The predicted octanol–water partition coefficient (Wildman–Crippen LogP) is 1.28. The first-order valence-electron chi connectivity index (χ1n) is 7.24. The number of amides is 2. The van der Waals surface area contributed by atoms with E-state index in [1.54, 1.807) is 26.0 Å². The van der Waals surface area contributed by atoms with Crippen molar-refractivity contribution in [3.05, 3.63) is 35.6 Å². The minimum Gasteiger partial charge on any atom is -0.346 e. The fourth-order valence-corrected chi connectivity index (χ4v) is 1.93. The van der Waals surface area contributed by atoms with Gasteiger partial charge in [-0.1, -0.05) is 26.0 Å². The molecule has 0 saturated heterocycles. The number of carbonyl (C=O) groups excluding carboxylic acids is 2. The molecule has 1 aromatic carbocycles. The first kappa shape index (κ1) is 18.1. The van der Waals surface area contributed by atoms with Crippen LogP contribution < -0.4 is 16.4 Å². The summed E-state index contributed by atoms with van der Waals surface area (Å²) < 4.78 is 13.3. The molecule has 0 aromatic heterocycles. The largest absolute Gasteiger partial charge is 0.346 e. The SMILES string of the molecule is CC(C)[C@H](N)C(=O)NCC(=O)NC(C)(C)c1cccc(F)c1. The molecular weight excluding hydrogens is 285 g/mol. The van der Waals surface area contributed by atoms with E-state index in [-0.39, 0.29) is 30.1 Å². The monoisotopic (exact) mass is 309 g/mol. The Morgan fingerprint density at radius 3 is 2.50 bits per heavy atom. The van der Waals surface area contributed by atoms with E-state index >= 15 is 0 Å². The topological polar surface area (TPSA) is 84.2 Å². The van der Waals surface area contributed by atoms with Gasteiger partial charge in [0.25, 0.3) is 0 Å². The lowest BCUT2D eigenvalue weighted by molar-refractivity contribution is -0.128. The number of hydrogen-bond donors (Lipinski definition) is 3. The second-order valence-electron chi connectivity index (χ2n) is 6.17. The van der Waals surface area contributed by atoms with Crippen molar-refractivity contribution in [3.63, 3.8) is 0 Å². The van der Waals surface area contributed by atoms with E-state index in [1.165, 1.54) is 12.1 Å². The lowest BCUT2D eigenvalue weighted by Gasteiger charge is -2.27. The Balaban J connectivity index is 2.59. The Kier molecular flexibility index (Phi) is 6.05. The summed E-state index contributed by atoms with van der Waals surface area (Å²) >= 11 is 0. The zero-order valence-corrected chi connectivity index (χ0v) is 13.4. The molecule has 0 heterocycles. The molecule has 0 aliphatic carbocycles. The molecule has 22 heavy (non-hydrogen) atoms. The fourth-order valence-electron chi connectivity index (χ4n) is 1.93. The molecule has 1 rings (SSSR count). The number of halogens is 1. The number of rotatable bonds is 6. The average molecular weight is 309 g/mol. The van der Waals surface area contributed by atoms with Crippen molar-refractivity contribution < 1.29 is 14.0 Å². The third-order valence-electron chi connectivity index (χ3n) is 3.44. The van der Waals surface area contributed by atoms with Crippen LogP contribution in [0.5, 0.6) is 0 Å². The number of hydrogen-bond acceptors (Lipinski definition) is 3. The Morgan fingerprint density at radius 2 is 1.95 bits per heavy atom. The van der Waals surface area contributed by atoms with Crippen LogP contribution in [0, 0.1) is 11.7 Å². The van der Waals surface area contributed by atoms with E-state index in [1.807, 2.05) is 13.8 Å². The number of benzene rings is 1. The van der Waals surface area contributed by atoms with E-state index in [9.17, 15) is 14.0 Å². The standard InChI is InChI=1S/C16H24FN3O2/c1-10(2)14(18)15(22)19-9-13(21)20-16(3,4)11-6-5-7-12(17)8-11/h5-8,10,14H,9,18H2,1-4H3,(H,19,22)(H,20,21)/t14-/m0/s1. The molecule has 0 bridgehead atoms. The van der Waals surface area contributed by atoms with Gasteiger partial charge >= 0.3 is 0 Å². The van der Waals surface area contributed by atoms with Gasteiger partial charge in [0, 0.05) is 0 Å². The number of carbonyl (C=O) groups is 2. The number of nitrogens with two attached hydrogens (primary N) is 1. The van der Waals surface area contributed by atoms with Crippen molar-refractivity contribution in [2.45, 2.75) is 39.3 Å². The van der Waals surface area contributed by atoms with Crippen LogP contribution in [-0.2, 0) is 15.1 Å². The summed E-state index contributed by atoms with van der Waals surface area (Å²) in [7, 11) is 0. The van der Waals surface area contributed by atoms with E-state index in [4.69, 9.17) is 5.73 Å². The summed E-state index contributed by atoms with van der Waals surface area (Å²) in [6, 6.07) is 5.38. The molecule has 0 radical (unpaired) electrons. The number of nitrogens with one attached hydrogen (secondary N) is 2. The first-order valence-corrected chi connectivity index (χ1v) is 7.24. The molecule has 0 spiro atoms. The van der Waals surface area contributed by atoms with Crippen LogP contribution in [0.25, 0.3) is 0 Å². The van der Waals surface area contributed by atoms with Gasteiger partial charge in [-0.05, 0) is 37.5 Å². The summed E-state index contributed by atoms with van der Waals surface area (Å²) in [5.41, 5.74) is 5.59. The molecule has 1 aromatic rings. The zero-order chi connectivity index (χ0) is 16.9. The summed E-state index contributed by atoms with van der Waals surface area (Å²) in [4.78, 5) is 23.7. The molecule has 2 amide bonds. The molecule has 122 valence electrons. The molecule has 0 aliphatic heterocycles. The lowest BCUT2D eigenvalue weighted by atomic mass is 9.94. The van der Waals surface area contributed by atoms with Gasteiger partial charge in [-0.3, -0.25) is 9.59 Å². The quantitative estimate of drug-likeness (QED) is 0.740. The molecule has 0 unspecified atom stereocenters. The van der Waals surface area contributed by atoms with Crippen molar-refractivity contribution in [1.82, 2.24) is 10.6 Å². The first-order chi connectivity index (χ1) is 10.1. The average Bonchev–Trinajstić information content (AvgIpc) is 2.43. The smallest absolute Gasteiger partial charge is 0.240 e. The Bertz CT molecular complexity index is 544.